The minimum Gasteiger partial charge on any atom is -0.460 e. The molecule has 0 N–H and O–H groups in total. The van der Waals surface area contributed by atoms with E-state index in [1.165, 1.54) is 16.7 Å². The van der Waals surface area contributed by atoms with Crippen LogP contribution in [0.15, 0.2) is 79.1 Å². The number of fused-ring (bicyclic) bond motifs is 1. The number of ether oxygens (including phenoxy) is 1. The first-order chi connectivity index (χ1) is 10.3. The van der Waals surface area contributed by atoms with Gasteiger partial charge in [-0.15, -0.1) is 0 Å². The minimum atomic E-state index is 0.844. The Morgan fingerprint density at radius 2 is 1.95 bits per heavy atom. The summed E-state index contributed by atoms with van der Waals surface area (Å²) in [5.41, 5.74) is 4.86. The molecule has 0 aliphatic carbocycles. The average molecular weight is 274 g/mol. The van der Waals surface area contributed by atoms with Gasteiger partial charge in [0.05, 0.1) is 0 Å². The standard InChI is InChI=1S/C20H18O/c1-3-4-5-11-18-14-17-10-7-12-19(20(17)21-18)16-9-6-8-15(2)13-16/h3-13H,1,14H2,2H3/b5-4-,18-11+. The van der Waals surface area contributed by atoms with Crippen LogP contribution >= 0.6 is 0 Å². The van der Waals surface area contributed by atoms with Crippen LogP contribution in [-0.4, -0.2) is 0 Å². The second-order valence-electron chi connectivity index (χ2n) is 5.20. The van der Waals surface area contributed by atoms with Gasteiger partial charge < -0.3 is 4.74 Å². The van der Waals surface area contributed by atoms with Crippen molar-refractivity contribution in [1.29, 1.82) is 0 Å². The van der Waals surface area contributed by atoms with Crippen LogP contribution in [0.1, 0.15) is 11.1 Å². The van der Waals surface area contributed by atoms with E-state index in [0.29, 0.717) is 0 Å². The lowest BCUT2D eigenvalue weighted by Crippen LogP contribution is -1.88. The van der Waals surface area contributed by atoms with Crippen molar-refractivity contribution in [3.8, 4) is 16.9 Å². The van der Waals surface area contributed by atoms with Crippen molar-refractivity contribution in [2.75, 3.05) is 0 Å². The molecule has 0 saturated heterocycles. The highest BCUT2D eigenvalue weighted by Gasteiger charge is 2.20. The van der Waals surface area contributed by atoms with Crippen LogP contribution in [0.3, 0.4) is 0 Å². The summed E-state index contributed by atoms with van der Waals surface area (Å²) in [5, 5.41) is 0. The summed E-state index contributed by atoms with van der Waals surface area (Å²) < 4.78 is 6.05. The average Bonchev–Trinajstić information content (AvgIpc) is 2.90. The molecule has 3 rings (SSSR count). The largest absolute Gasteiger partial charge is 0.460 e. The normalized spacial score (nSPS) is 15.2. The van der Waals surface area contributed by atoms with E-state index in [9.17, 15) is 0 Å². The quantitative estimate of drug-likeness (QED) is 0.697. The zero-order valence-electron chi connectivity index (χ0n) is 12.2. The summed E-state index contributed by atoms with van der Waals surface area (Å²) in [4.78, 5) is 0. The summed E-state index contributed by atoms with van der Waals surface area (Å²) in [6, 6.07) is 14.9. The van der Waals surface area contributed by atoms with Crippen LogP contribution in [0.4, 0.5) is 0 Å². The van der Waals surface area contributed by atoms with Crippen LogP contribution in [0.2, 0.25) is 0 Å². The molecule has 1 aliphatic heterocycles. The first-order valence-corrected chi connectivity index (χ1v) is 7.13. The minimum absolute atomic E-state index is 0.844. The van der Waals surface area contributed by atoms with Gasteiger partial charge >= 0.3 is 0 Å². The van der Waals surface area contributed by atoms with Gasteiger partial charge in [-0.05, 0) is 18.6 Å². The molecule has 0 bridgehead atoms. The molecule has 1 aliphatic rings. The molecule has 1 heterocycles. The summed E-state index contributed by atoms with van der Waals surface area (Å²) in [6.07, 6.45) is 8.47. The molecule has 1 heteroatoms. The van der Waals surface area contributed by atoms with Crippen molar-refractivity contribution in [2.45, 2.75) is 13.3 Å². The number of hydrogen-bond donors (Lipinski definition) is 0. The van der Waals surface area contributed by atoms with Crippen molar-refractivity contribution < 1.29 is 4.74 Å². The van der Waals surface area contributed by atoms with Crippen molar-refractivity contribution >= 4 is 0 Å². The van der Waals surface area contributed by atoms with E-state index in [2.05, 4.69) is 56.0 Å². The fourth-order valence-corrected chi connectivity index (χ4v) is 2.57. The lowest BCUT2D eigenvalue weighted by atomic mass is 10.00. The first kappa shape index (κ1) is 13.4. The lowest BCUT2D eigenvalue weighted by Gasteiger charge is -2.08. The second-order valence-corrected chi connectivity index (χ2v) is 5.20. The number of rotatable bonds is 3. The van der Waals surface area contributed by atoms with Gasteiger partial charge in [0, 0.05) is 17.5 Å². The fraction of sp³-hybridized carbons (Fsp3) is 0.100. The van der Waals surface area contributed by atoms with Crippen LogP contribution in [0.5, 0.6) is 5.75 Å². The van der Waals surface area contributed by atoms with Gasteiger partial charge in [0.25, 0.3) is 0 Å². The highest BCUT2D eigenvalue weighted by molar-refractivity contribution is 5.74. The number of hydrogen-bond acceptors (Lipinski definition) is 1. The van der Waals surface area contributed by atoms with Crippen LogP contribution in [0.25, 0.3) is 11.1 Å². The molecule has 21 heavy (non-hydrogen) atoms. The molecule has 0 unspecified atom stereocenters. The van der Waals surface area contributed by atoms with Gasteiger partial charge in [0.15, 0.2) is 0 Å². The zero-order chi connectivity index (χ0) is 14.7. The third-order valence-electron chi connectivity index (χ3n) is 3.55. The van der Waals surface area contributed by atoms with Gasteiger partial charge in [-0.3, -0.25) is 0 Å². The number of allylic oxidation sites excluding steroid dienone is 5. The van der Waals surface area contributed by atoms with Crippen LogP contribution < -0.4 is 4.74 Å². The molecule has 0 fully saturated rings. The molecule has 2 aromatic rings. The molecule has 104 valence electrons. The monoisotopic (exact) mass is 274 g/mol. The first-order valence-electron chi connectivity index (χ1n) is 7.13. The number of para-hydroxylation sites is 1. The van der Waals surface area contributed by atoms with E-state index in [0.717, 1.165) is 23.5 Å². The van der Waals surface area contributed by atoms with Crippen LogP contribution in [-0.2, 0) is 6.42 Å². The summed E-state index contributed by atoms with van der Waals surface area (Å²) in [6.45, 7) is 5.78. The van der Waals surface area contributed by atoms with Gasteiger partial charge in [-0.1, -0.05) is 72.8 Å². The van der Waals surface area contributed by atoms with Crippen molar-refractivity contribution in [3.05, 3.63) is 90.2 Å². The molecular weight excluding hydrogens is 256 g/mol. The Bertz CT molecular complexity index is 735. The predicted molar refractivity (Wildman–Crippen MR) is 88.4 cm³/mol. The Labute approximate surface area is 125 Å². The SMILES string of the molecule is C=C/C=C\C=C1/Cc2cccc(-c3cccc(C)c3)c2O1. The van der Waals surface area contributed by atoms with E-state index >= 15 is 0 Å². The maximum Gasteiger partial charge on any atom is 0.138 e. The molecule has 1 nitrogen and oxygen atoms in total. The highest BCUT2D eigenvalue weighted by atomic mass is 16.5. The Morgan fingerprint density at radius 1 is 1.10 bits per heavy atom. The van der Waals surface area contributed by atoms with E-state index in [1.54, 1.807) is 6.08 Å². The molecule has 0 atom stereocenters. The molecule has 0 radical (unpaired) electrons. The third-order valence-corrected chi connectivity index (χ3v) is 3.55. The number of aryl methyl sites for hydroxylation is 1. The molecule has 0 aromatic heterocycles. The van der Waals surface area contributed by atoms with Gasteiger partial charge in [0.1, 0.15) is 11.5 Å². The smallest absolute Gasteiger partial charge is 0.138 e. The zero-order valence-corrected chi connectivity index (χ0v) is 12.2. The Kier molecular flexibility index (Phi) is 3.74. The summed E-state index contributed by atoms with van der Waals surface area (Å²) >= 11 is 0. The Balaban J connectivity index is 1.98. The van der Waals surface area contributed by atoms with Crippen molar-refractivity contribution in [3.63, 3.8) is 0 Å². The molecular formula is C20H18O. The topological polar surface area (TPSA) is 9.23 Å². The fourth-order valence-electron chi connectivity index (χ4n) is 2.57. The molecule has 2 aromatic carbocycles. The van der Waals surface area contributed by atoms with E-state index < -0.39 is 0 Å². The Morgan fingerprint density at radius 3 is 2.76 bits per heavy atom. The van der Waals surface area contributed by atoms with E-state index in [1.807, 2.05) is 18.2 Å². The second kappa shape index (κ2) is 5.84. The number of benzene rings is 2. The third kappa shape index (κ3) is 2.82. The van der Waals surface area contributed by atoms with E-state index in [4.69, 9.17) is 4.74 Å². The van der Waals surface area contributed by atoms with E-state index in [-0.39, 0.29) is 0 Å². The molecule has 0 amide bonds. The van der Waals surface area contributed by atoms with Gasteiger partial charge in [-0.25, -0.2) is 0 Å². The van der Waals surface area contributed by atoms with Gasteiger partial charge in [0.2, 0.25) is 0 Å². The maximum atomic E-state index is 6.05. The van der Waals surface area contributed by atoms with Crippen LogP contribution in [0, 0.1) is 6.92 Å². The van der Waals surface area contributed by atoms with Gasteiger partial charge in [-0.2, -0.15) is 0 Å². The summed E-state index contributed by atoms with van der Waals surface area (Å²) in [5.74, 6) is 1.96. The maximum absolute atomic E-state index is 6.05. The molecule has 0 spiro atoms. The van der Waals surface area contributed by atoms with Crippen molar-refractivity contribution in [2.24, 2.45) is 0 Å². The van der Waals surface area contributed by atoms with Crippen molar-refractivity contribution in [1.82, 2.24) is 0 Å². The highest BCUT2D eigenvalue weighted by Crippen LogP contribution is 2.40. The lowest BCUT2D eigenvalue weighted by molar-refractivity contribution is 0.448. The predicted octanol–water partition coefficient (Wildman–Crippen LogP) is 5.22. The Hall–Kier alpha value is -2.54. The molecule has 0 saturated carbocycles. The summed E-state index contributed by atoms with van der Waals surface area (Å²) in [7, 11) is 0.